The molecule has 0 bridgehead atoms. The summed E-state index contributed by atoms with van der Waals surface area (Å²) in [5.74, 6) is -2.05. The van der Waals surface area contributed by atoms with Crippen LogP contribution in [0.4, 0.5) is 5.69 Å². The molecule has 200 valence electrons. The van der Waals surface area contributed by atoms with E-state index in [1.807, 2.05) is 24.3 Å². The number of esters is 1. The molecule has 5 N–H and O–H groups in total. The number of fused-ring (bicyclic) bond motifs is 3. The van der Waals surface area contributed by atoms with Crippen LogP contribution in [0.15, 0.2) is 24.3 Å². The van der Waals surface area contributed by atoms with Crippen LogP contribution in [0.1, 0.15) is 27.6 Å². The van der Waals surface area contributed by atoms with E-state index < -0.39 is 54.6 Å². The molecule has 2 aromatic rings. The normalized spacial score (nSPS) is 27.9. The molecule has 3 aliphatic heterocycles. The lowest BCUT2D eigenvalue weighted by Gasteiger charge is -2.45. The van der Waals surface area contributed by atoms with Crippen LogP contribution in [-0.4, -0.2) is 101 Å². The van der Waals surface area contributed by atoms with E-state index in [4.69, 9.17) is 25.8 Å². The number of anilines is 1. The van der Waals surface area contributed by atoms with E-state index in [-0.39, 0.29) is 29.0 Å². The van der Waals surface area contributed by atoms with Gasteiger partial charge in [0.05, 0.1) is 19.3 Å². The molecule has 5 rings (SSSR count). The topological polar surface area (TPSA) is 152 Å². The maximum atomic E-state index is 13.2. The summed E-state index contributed by atoms with van der Waals surface area (Å²) in [6.45, 7) is 2.18. The summed E-state index contributed by atoms with van der Waals surface area (Å²) in [5.41, 5.74) is 1.13. The lowest BCUT2D eigenvalue weighted by Crippen LogP contribution is -2.58. The number of carbonyl (C=O) groups excluding carboxylic acids is 1. The molecule has 0 unspecified atom stereocenters. The highest BCUT2D eigenvalue weighted by molar-refractivity contribution is 6.30. The maximum Gasteiger partial charge on any atom is 0.339 e. The Morgan fingerprint density at radius 3 is 2.35 bits per heavy atom. The quantitative estimate of drug-likeness (QED) is 0.344. The van der Waals surface area contributed by atoms with E-state index in [9.17, 15) is 30.3 Å². The van der Waals surface area contributed by atoms with Gasteiger partial charge in [0, 0.05) is 54.6 Å². The van der Waals surface area contributed by atoms with Gasteiger partial charge < -0.3 is 44.6 Å². The van der Waals surface area contributed by atoms with Crippen LogP contribution in [0.25, 0.3) is 0 Å². The first-order valence-corrected chi connectivity index (χ1v) is 12.3. The number of aromatic hydroxyl groups is 2. The maximum absolute atomic E-state index is 13.2. The van der Waals surface area contributed by atoms with E-state index in [2.05, 4.69) is 9.80 Å². The van der Waals surface area contributed by atoms with Crippen molar-refractivity contribution < 1.29 is 44.5 Å². The molecular formula is C25H29ClN2O9. The van der Waals surface area contributed by atoms with Crippen molar-refractivity contribution in [2.45, 2.75) is 37.1 Å². The van der Waals surface area contributed by atoms with E-state index >= 15 is 0 Å². The monoisotopic (exact) mass is 536 g/mol. The van der Waals surface area contributed by atoms with Crippen molar-refractivity contribution in [3.63, 3.8) is 0 Å². The zero-order chi connectivity index (χ0) is 26.4. The van der Waals surface area contributed by atoms with Crippen molar-refractivity contribution in [3.05, 3.63) is 46.0 Å². The number of piperazine rings is 1. The third kappa shape index (κ3) is 4.45. The van der Waals surface area contributed by atoms with Crippen molar-refractivity contribution in [2.75, 3.05) is 44.8 Å². The van der Waals surface area contributed by atoms with Gasteiger partial charge in [-0.2, -0.15) is 0 Å². The Morgan fingerprint density at radius 1 is 1.05 bits per heavy atom. The molecule has 2 saturated heterocycles. The molecule has 12 heteroatoms. The van der Waals surface area contributed by atoms with Gasteiger partial charge >= 0.3 is 5.97 Å². The number of nitrogens with zero attached hydrogens (tertiary/aromatic N) is 2. The Morgan fingerprint density at radius 2 is 1.73 bits per heavy atom. The Hall–Kier alpha value is -2.80. The number of ether oxygens (including phenoxy) is 3. The molecule has 37 heavy (non-hydrogen) atoms. The summed E-state index contributed by atoms with van der Waals surface area (Å²) >= 11 is 5.99. The van der Waals surface area contributed by atoms with Crippen LogP contribution in [0.5, 0.6) is 17.2 Å². The van der Waals surface area contributed by atoms with Crippen molar-refractivity contribution in [2.24, 2.45) is 0 Å². The van der Waals surface area contributed by atoms with Crippen LogP contribution in [0.3, 0.4) is 0 Å². The average molecular weight is 537 g/mol. The van der Waals surface area contributed by atoms with Crippen LogP contribution >= 0.6 is 11.6 Å². The first kappa shape index (κ1) is 25.8. The molecule has 11 nitrogen and oxygen atoms in total. The van der Waals surface area contributed by atoms with E-state index in [1.165, 1.54) is 7.11 Å². The second-order valence-corrected chi connectivity index (χ2v) is 9.80. The zero-order valence-corrected chi connectivity index (χ0v) is 20.8. The number of aliphatic hydroxyl groups is 3. The van der Waals surface area contributed by atoms with E-state index in [1.54, 1.807) is 0 Å². The van der Waals surface area contributed by atoms with Crippen molar-refractivity contribution >= 4 is 23.3 Å². The molecule has 0 saturated carbocycles. The number of carbonyl (C=O) groups is 1. The Balaban J connectivity index is 1.46. The number of aliphatic hydroxyl groups excluding tert-OH is 3. The van der Waals surface area contributed by atoms with Crippen molar-refractivity contribution in [3.8, 4) is 17.2 Å². The number of hydrogen-bond acceptors (Lipinski definition) is 11. The minimum Gasteiger partial charge on any atom is -0.504 e. The number of rotatable bonds is 5. The minimum atomic E-state index is -1.56. The van der Waals surface area contributed by atoms with Gasteiger partial charge in [-0.3, -0.25) is 4.90 Å². The lowest BCUT2D eigenvalue weighted by molar-refractivity contribution is -0.235. The SMILES string of the molecule is COc1c(O)c(CN2CCN(c3ccc(Cl)cc3)CC2)c2c(c1O)[C@@H]1O[C@H](CO)[C@@H](O)[C@H](O)[C@H]1OC2=O. The average Bonchev–Trinajstić information content (AvgIpc) is 2.90. The molecule has 0 spiro atoms. The Labute approximate surface area is 218 Å². The molecule has 2 fully saturated rings. The fraction of sp³-hybridized carbons (Fsp3) is 0.480. The van der Waals surface area contributed by atoms with Crippen LogP contribution in [0.2, 0.25) is 5.02 Å². The fourth-order valence-electron chi connectivity index (χ4n) is 5.30. The molecule has 0 aliphatic carbocycles. The Bertz CT molecular complexity index is 1170. The first-order valence-electron chi connectivity index (χ1n) is 12.0. The molecule has 5 atom stereocenters. The molecule has 3 aliphatic rings. The molecule has 0 amide bonds. The van der Waals surface area contributed by atoms with Crippen LogP contribution in [0, 0.1) is 0 Å². The lowest BCUT2D eigenvalue weighted by atomic mass is 9.84. The van der Waals surface area contributed by atoms with Gasteiger partial charge in [-0.05, 0) is 24.3 Å². The number of hydrogen-bond donors (Lipinski definition) is 5. The van der Waals surface area contributed by atoms with Gasteiger partial charge in [0.15, 0.2) is 17.6 Å². The van der Waals surface area contributed by atoms with Gasteiger partial charge in [0.25, 0.3) is 0 Å². The first-order chi connectivity index (χ1) is 17.7. The minimum absolute atomic E-state index is 0.0184. The summed E-state index contributed by atoms with van der Waals surface area (Å²) in [5, 5.41) is 53.1. The number of methoxy groups -OCH3 is 1. The van der Waals surface area contributed by atoms with E-state index in [0.29, 0.717) is 31.2 Å². The number of phenols is 2. The summed E-state index contributed by atoms with van der Waals surface area (Å²) in [6, 6.07) is 7.57. The Kier molecular flexibility index (Phi) is 7.10. The third-order valence-electron chi connectivity index (χ3n) is 7.29. The van der Waals surface area contributed by atoms with Crippen molar-refractivity contribution in [1.82, 2.24) is 4.90 Å². The standard InChI is InChI=1S/C25H29ClN2O9/c1-35-23-18(30)14(10-27-6-8-28(9-7-27)13-4-2-12(26)3-5-13)16-17(20(23)32)22-24(37-25(16)34)21(33)19(31)15(11-29)36-22/h2-5,15,19,21-22,24,29-33H,6-11H2,1H3/t15-,19-,21+,22+,24-/m1/s1. The summed E-state index contributed by atoms with van der Waals surface area (Å²) in [4.78, 5) is 17.4. The summed E-state index contributed by atoms with van der Waals surface area (Å²) in [6.07, 6.45) is -6.76. The molecule has 0 aromatic heterocycles. The van der Waals surface area contributed by atoms with Gasteiger partial charge in [-0.15, -0.1) is 0 Å². The van der Waals surface area contributed by atoms with Gasteiger partial charge in [0.1, 0.15) is 24.4 Å². The highest BCUT2D eigenvalue weighted by Gasteiger charge is 2.53. The van der Waals surface area contributed by atoms with Gasteiger partial charge in [-0.25, -0.2) is 4.79 Å². The highest BCUT2D eigenvalue weighted by Crippen LogP contribution is 2.52. The second-order valence-electron chi connectivity index (χ2n) is 9.37. The molecular weight excluding hydrogens is 508 g/mol. The largest absolute Gasteiger partial charge is 0.504 e. The number of halogens is 1. The molecule has 0 radical (unpaired) electrons. The van der Waals surface area contributed by atoms with Crippen molar-refractivity contribution in [1.29, 1.82) is 0 Å². The smallest absolute Gasteiger partial charge is 0.339 e. The predicted octanol–water partition coefficient (Wildman–Crippen LogP) is 0.775. The summed E-state index contributed by atoms with van der Waals surface area (Å²) < 4.78 is 16.5. The van der Waals surface area contributed by atoms with E-state index in [0.717, 1.165) is 5.69 Å². The second kappa shape index (κ2) is 10.2. The third-order valence-corrected chi connectivity index (χ3v) is 7.54. The predicted molar refractivity (Wildman–Crippen MR) is 131 cm³/mol. The number of benzene rings is 2. The number of phenolic OH excluding ortho intramolecular Hbond substituents is 2. The molecule has 3 heterocycles. The van der Waals surface area contributed by atoms with Gasteiger partial charge in [0.2, 0.25) is 5.75 Å². The van der Waals surface area contributed by atoms with Crippen LogP contribution in [-0.2, 0) is 16.0 Å². The van der Waals surface area contributed by atoms with Gasteiger partial charge in [-0.1, -0.05) is 11.6 Å². The molecule has 2 aromatic carbocycles. The zero-order valence-electron chi connectivity index (χ0n) is 20.1. The summed E-state index contributed by atoms with van der Waals surface area (Å²) in [7, 11) is 1.27. The van der Waals surface area contributed by atoms with Crippen LogP contribution < -0.4 is 9.64 Å². The fourth-order valence-corrected chi connectivity index (χ4v) is 5.43. The highest BCUT2D eigenvalue weighted by atomic mass is 35.5.